The van der Waals surface area contributed by atoms with Crippen molar-refractivity contribution in [1.82, 2.24) is 10.3 Å². The molecule has 138 valence electrons. The number of benzene rings is 2. The maximum absolute atomic E-state index is 13.8. The molecule has 3 aromatic rings. The average Bonchev–Trinajstić information content (AvgIpc) is 2.65. The number of hydrogen-bond donors (Lipinski definition) is 1. The van der Waals surface area contributed by atoms with Gasteiger partial charge in [-0.1, -0.05) is 48.9 Å². The number of pyridine rings is 1. The second-order valence-corrected chi connectivity index (χ2v) is 6.69. The summed E-state index contributed by atoms with van der Waals surface area (Å²) in [6, 6.07) is 17.0. The minimum Gasteiger partial charge on any atom is -0.310 e. The molecule has 1 atom stereocenters. The molecule has 0 radical (unpaired) electrons. The molecule has 0 saturated carbocycles. The first kappa shape index (κ1) is 20.3. The van der Waals surface area contributed by atoms with Gasteiger partial charge in [0.2, 0.25) is 0 Å². The van der Waals surface area contributed by atoms with Crippen LogP contribution in [0.25, 0.3) is 10.8 Å². The maximum Gasteiger partial charge on any atom is 0.149 e. The lowest BCUT2D eigenvalue weighted by atomic mass is 10.0. The molecule has 0 amide bonds. The Labute approximate surface area is 161 Å². The zero-order valence-corrected chi connectivity index (χ0v) is 15.9. The highest BCUT2D eigenvalue weighted by Gasteiger charge is 2.05. The van der Waals surface area contributed by atoms with Gasteiger partial charge in [-0.3, -0.25) is 4.98 Å². The van der Waals surface area contributed by atoms with Crippen molar-refractivity contribution in [3.63, 3.8) is 0 Å². The van der Waals surface area contributed by atoms with E-state index in [1.807, 2.05) is 18.2 Å². The fraction of sp³-hybridized carbons (Fsp3) is 0.318. The van der Waals surface area contributed by atoms with Crippen LogP contribution in [0.1, 0.15) is 37.3 Å². The van der Waals surface area contributed by atoms with Gasteiger partial charge >= 0.3 is 0 Å². The number of rotatable bonds is 8. The molecule has 0 saturated heterocycles. The quantitative estimate of drug-likeness (QED) is 0.514. The van der Waals surface area contributed by atoms with E-state index < -0.39 is 0 Å². The van der Waals surface area contributed by atoms with Gasteiger partial charge in [-0.25, -0.2) is 4.39 Å². The van der Waals surface area contributed by atoms with Crippen molar-refractivity contribution in [2.45, 2.75) is 45.2 Å². The van der Waals surface area contributed by atoms with E-state index in [9.17, 15) is 4.39 Å². The number of aromatic nitrogens is 1. The molecule has 0 aliphatic carbocycles. The van der Waals surface area contributed by atoms with Crippen LogP contribution in [0.5, 0.6) is 0 Å². The summed E-state index contributed by atoms with van der Waals surface area (Å²) in [5.41, 5.74) is 2.52. The zero-order valence-electron chi connectivity index (χ0n) is 15.1. The molecule has 4 heteroatoms. The Kier molecular flexibility index (Phi) is 8.02. The van der Waals surface area contributed by atoms with Crippen LogP contribution in [0.4, 0.5) is 4.39 Å². The van der Waals surface area contributed by atoms with Gasteiger partial charge in [0.25, 0.3) is 0 Å². The number of unbranched alkanes of at least 4 members (excludes halogenated alkanes) is 1. The molecule has 0 unspecified atom stereocenters. The van der Waals surface area contributed by atoms with E-state index in [-0.39, 0.29) is 18.2 Å². The van der Waals surface area contributed by atoms with Crippen LogP contribution in [-0.2, 0) is 13.0 Å². The summed E-state index contributed by atoms with van der Waals surface area (Å²) >= 11 is 0. The van der Waals surface area contributed by atoms with Crippen molar-refractivity contribution in [3.05, 3.63) is 77.9 Å². The fourth-order valence-electron chi connectivity index (χ4n) is 3.10. The predicted molar refractivity (Wildman–Crippen MR) is 109 cm³/mol. The highest BCUT2D eigenvalue weighted by molar-refractivity contribution is 5.85. The molecule has 1 N–H and O–H groups in total. The van der Waals surface area contributed by atoms with Crippen molar-refractivity contribution in [3.8, 4) is 0 Å². The molecule has 2 nitrogen and oxygen atoms in total. The summed E-state index contributed by atoms with van der Waals surface area (Å²) in [5, 5.41) is 5.03. The molecule has 0 aliphatic rings. The lowest BCUT2D eigenvalue weighted by Gasteiger charge is -2.14. The molecule has 26 heavy (non-hydrogen) atoms. The monoisotopic (exact) mass is 372 g/mol. The van der Waals surface area contributed by atoms with Crippen LogP contribution in [0, 0.1) is 5.82 Å². The summed E-state index contributed by atoms with van der Waals surface area (Å²) in [6.45, 7) is 2.98. The van der Waals surface area contributed by atoms with Crippen LogP contribution >= 0.6 is 12.4 Å². The summed E-state index contributed by atoms with van der Waals surface area (Å²) in [4.78, 5) is 3.89. The van der Waals surface area contributed by atoms with Gasteiger partial charge in [-0.2, -0.15) is 0 Å². The van der Waals surface area contributed by atoms with Gasteiger partial charge in [-0.05, 0) is 43.4 Å². The molecule has 0 bridgehead atoms. The van der Waals surface area contributed by atoms with Crippen molar-refractivity contribution in [1.29, 1.82) is 0 Å². The van der Waals surface area contributed by atoms with Crippen LogP contribution in [0.2, 0.25) is 0 Å². The summed E-state index contributed by atoms with van der Waals surface area (Å²) in [5.74, 6) is -0.256. The number of fused-ring (bicyclic) bond motifs is 1. The predicted octanol–water partition coefficient (Wildman–Crippen LogP) is 5.69. The Balaban J connectivity index is 0.00000243. The van der Waals surface area contributed by atoms with Crippen LogP contribution in [0.15, 0.2) is 60.9 Å². The maximum atomic E-state index is 13.8. The van der Waals surface area contributed by atoms with Crippen molar-refractivity contribution in [2.24, 2.45) is 0 Å². The molecule has 0 aliphatic heterocycles. The van der Waals surface area contributed by atoms with E-state index in [0.29, 0.717) is 11.4 Å². The summed E-state index contributed by atoms with van der Waals surface area (Å²) in [7, 11) is 0. The Morgan fingerprint density at radius 2 is 1.81 bits per heavy atom. The third-order valence-electron chi connectivity index (χ3n) is 4.63. The number of nitrogens with one attached hydrogen (secondary N) is 1. The number of halogens is 2. The third-order valence-corrected chi connectivity index (χ3v) is 4.63. The minimum atomic E-state index is -0.256. The van der Waals surface area contributed by atoms with Crippen molar-refractivity contribution < 1.29 is 4.39 Å². The molecule has 1 heterocycles. The van der Waals surface area contributed by atoms with E-state index in [1.165, 1.54) is 24.6 Å². The number of nitrogens with zero attached hydrogens (tertiary/aromatic N) is 1. The fourth-order valence-corrected chi connectivity index (χ4v) is 3.10. The van der Waals surface area contributed by atoms with Gasteiger partial charge in [0.05, 0.1) is 6.20 Å². The molecular weight excluding hydrogens is 347 g/mol. The molecule has 2 aromatic carbocycles. The Morgan fingerprint density at radius 3 is 2.62 bits per heavy atom. The third kappa shape index (κ3) is 5.79. The van der Waals surface area contributed by atoms with Crippen molar-refractivity contribution >= 4 is 23.2 Å². The minimum absolute atomic E-state index is 0. The van der Waals surface area contributed by atoms with E-state index >= 15 is 0 Å². The standard InChI is InChI=1S/C22H25FN2.ClH/c1-17(7-5-6-10-18-8-3-2-4-9-18)25-14-19-11-12-20-15-24-16-22(23)21(20)13-19;/h2-4,8-9,11-13,15-17,25H,5-7,10,14H2,1H3;1H/t17-;/m1./s1. The van der Waals surface area contributed by atoms with E-state index in [4.69, 9.17) is 0 Å². The van der Waals surface area contributed by atoms with Gasteiger partial charge in [0, 0.05) is 29.6 Å². The topological polar surface area (TPSA) is 24.9 Å². The highest BCUT2D eigenvalue weighted by atomic mass is 35.5. The first-order valence-corrected chi connectivity index (χ1v) is 9.02. The second-order valence-electron chi connectivity index (χ2n) is 6.69. The van der Waals surface area contributed by atoms with Gasteiger partial charge in [0.15, 0.2) is 0 Å². The Bertz CT molecular complexity index is 808. The van der Waals surface area contributed by atoms with Gasteiger partial charge in [0.1, 0.15) is 5.82 Å². The van der Waals surface area contributed by atoms with E-state index in [1.54, 1.807) is 6.20 Å². The molecule has 3 rings (SSSR count). The Morgan fingerprint density at radius 1 is 1.00 bits per heavy atom. The summed E-state index contributed by atoms with van der Waals surface area (Å²) < 4.78 is 13.8. The van der Waals surface area contributed by atoms with E-state index in [0.717, 1.165) is 30.3 Å². The molecule has 0 spiro atoms. The highest BCUT2D eigenvalue weighted by Crippen LogP contribution is 2.18. The van der Waals surface area contributed by atoms with Crippen LogP contribution in [-0.4, -0.2) is 11.0 Å². The molecular formula is C22H26ClFN2. The molecule has 0 fully saturated rings. The first-order valence-electron chi connectivity index (χ1n) is 9.02. The lowest BCUT2D eigenvalue weighted by molar-refractivity contribution is 0.489. The Hall–Kier alpha value is -1.97. The molecule has 1 aromatic heterocycles. The first-order chi connectivity index (χ1) is 12.2. The SMILES string of the molecule is C[C@H](CCCCc1ccccc1)NCc1ccc2cncc(F)c2c1.Cl. The van der Waals surface area contributed by atoms with Gasteiger partial charge in [-0.15, -0.1) is 12.4 Å². The lowest BCUT2D eigenvalue weighted by Crippen LogP contribution is -2.25. The largest absolute Gasteiger partial charge is 0.310 e. The van der Waals surface area contributed by atoms with Gasteiger partial charge < -0.3 is 5.32 Å². The second kappa shape index (κ2) is 10.2. The number of hydrogen-bond acceptors (Lipinski definition) is 2. The van der Waals surface area contributed by atoms with Crippen molar-refractivity contribution in [2.75, 3.05) is 0 Å². The number of aryl methyl sites for hydroxylation is 1. The van der Waals surface area contributed by atoms with Crippen LogP contribution < -0.4 is 5.32 Å². The summed E-state index contributed by atoms with van der Waals surface area (Å²) in [6.07, 6.45) is 7.69. The average molecular weight is 373 g/mol. The van der Waals surface area contributed by atoms with E-state index in [2.05, 4.69) is 47.6 Å². The smallest absolute Gasteiger partial charge is 0.149 e. The normalized spacial score (nSPS) is 11.9. The van der Waals surface area contributed by atoms with Crippen LogP contribution in [0.3, 0.4) is 0 Å². The zero-order chi connectivity index (χ0) is 17.5.